The van der Waals surface area contributed by atoms with Crippen molar-refractivity contribution in [2.75, 3.05) is 45.8 Å². The molecule has 230 valence electrons. The zero-order valence-electron chi connectivity index (χ0n) is 22.0. The van der Waals surface area contributed by atoms with Crippen molar-refractivity contribution in [1.29, 1.82) is 0 Å². The van der Waals surface area contributed by atoms with E-state index < -0.39 is 24.3 Å². The quantitative estimate of drug-likeness (QED) is 0.197. The van der Waals surface area contributed by atoms with Gasteiger partial charge in [-0.25, -0.2) is 14.6 Å². The molecular weight excluding hydrogens is 574 g/mol. The maximum atomic E-state index is 10.6. The number of methoxy groups -OCH3 is 2. The number of carboxylic acids is 2. The number of unbranched alkanes of at least 4 members (excludes halogenated alkanes) is 1. The number of aryl methyl sites for hydroxylation is 1. The number of aliphatic carboxylic acids is 2. The number of nitrogens with one attached hydrogen (secondary N) is 1. The van der Waals surface area contributed by atoms with Gasteiger partial charge in [-0.1, -0.05) is 0 Å². The van der Waals surface area contributed by atoms with Crippen LogP contribution in [0.5, 0.6) is 11.5 Å². The minimum Gasteiger partial charge on any atom is -0.493 e. The average molecular weight is 602 g/mol. The number of hydrogen-bond acceptors (Lipinski definition) is 10. The molecule has 0 fully saturated rings. The molecule has 19 heteroatoms. The second-order valence-corrected chi connectivity index (χ2v) is 7.73. The first-order valence-electron chi connectivity index (χ1n) is 11.5. The largest absolute Gasteiger partial charge is 0.493 e. The number of carbonyl (C=O) groups is 2. The molecule has 3 rings (SSSR count). The molecule has 0 aliphatic carbocycles. The lowest BCUT2D eigenvalue weighted by Gasteiger charge is -2.14. The van der Waals surface area contributed by atoms with Gasteiger partial charge in [-0.3, -0.25) is 4.40 Å². The van der Waals surface area contributed by atoms with Crippen LogP contribution in [0.3, 0.4) is 0 Å². The third kappa shape index (κ3) is 10.7. The normalized spacial score (nSPS) is 11.3. The smallest absolute Gasteiger partial charge is 0.490 e. The van der Waals surface area contributed by atoms with Crippen LogP contribution in [0.15, 0.2) is 12.1 Å². The Morgan fingerprint density at radius 1 is 0.976 bits per heavy atom. The van der Waals surface area contributed by atoms with E-state index in [-0.39, 0.29) is 0 Å². The summed E-state index contributed by atoms with van der Waals surface area (Å²) in [5, 5.41) is 26.1. The predicted molar refractivity (Wildman–Crippen MR) is 131 cm³/mol. The highest BCUT2D eigenvalue weighted by Crippen LogP contribution is 2.33. The van der Waals surface area contributed by atoms with Gasteiger partial charge in [-0.15, -0.1) is 10.2 Å². The molecule has 0 aliphatic heterocycles. The summed E-state index contributed by atoms with van der Waals surface area (Å²) in [5.74, 6) is -2.81. The second kappa shape index (κ2) is 15.6. The number of rotatable bonds is 10. The van der Waals surface area contributed by atoms with E-state index in [1.165, 1.54) is 0 Å². The number of fused-ring (bicyclic) bond motifs is 3. The second-order valence-electron chi connectivity index (χ2n) is 7.73. The van der Waals surface area contributed by atoms with Gasteiger partial charge in [-0.2, -0.15) is 26.3 Å². The highest BCUT2D eigenvalue weighted by Gasteiger charge is 2.38. The van der Waals surface area contributed by atoms with E-state index in [2.05, 4.69) is 15.5 Å². The van der Waals surface area contributed by atoms with Crippen molar-refractivity contribution in [3.63, 3.8) is 0 Å². The summed E-state index contributed by atoms with van der Waals surface area (Å²) >= 11 is 0. The Morgan fingerprint density at radius 3 is 2.05 bits per heavy atom. The van der Waals surface area contributed by atoms with Gasteiger partial charge in [0.05, 0.1) is 24.8 Å². The minimum absolute atomic E-state index is 0.427. The van der Waals surface area contributed by atoms with Crippen LogP contribution in [0.1, 0.15) is 18.7 Å². The lowest BCUT2D eigenvalue weighted by molar-refractivity contribution is -0.193. The van der Waals surface area contributed by atoms with Gasteiger partial charge in [-0.05, 0) is 26.3 Å². The summed E-state index contributed by atoms with van der Waals surface area (Å²) in [7, 11) is 3.25. The summed E-state index contributed by atoms with van der Waals surface area (Å²) in [6.45, 7) is 4.28. The van der Waals surface area contributed by atoms with Gasteiger partial charge in [0.2, 0.25) is 5.65 Å². The Balaban J connectivity index is 0.000000497. The molecule has 3 aromatic rings. The Hall–Kier alpha value is -4.13. The number of carboxylic acid groups (broad SMARTS) is 2. The number of nitrogens with zero attached hydrogens (tertiary/aromatic N) is 4. The van der Waals surface area contributed by atoms with Gasteiger partial charge in [0.25, 0.3) is 0 Å². The van der Waals surface area contributed by atoms with Crippen molar-refractivity contribution < 1.29 is 60.4 Å². The third-order valence-electron chi connectivity index (χ3n) is 4.72. The maximum absolute atomic E-state index is 10.6. The van der Waals surface area contributed by atoms with Crippen molar-refractivity contribution in [1.82, 2.24) is 19.6 Å². The van der Waals surface area contributed by atoms with E-state index in [4.69, 9.17) is 44.7 Å². The van der Waals surface area contributed by atoms with E-state index >= 15 is 0 Å². The van der Waals surface area contributed by atoms with Crippen LogP contribution in [0.4, 0.5) is 32.2 Å². The summed E-state index contributed by atoms with van der Waals surface area (Å²) in [6, 6.07) is 3.76. The molecule has 0 spiro atoms. The van der Waals surface area contributed by atoms with E-state index in [0.29, 0.717) is 42.7 Å². The molecule has 13 nitrogen and oxygen atoms in total. The lowest BCUT2D eigenvalue weighted by Crippen LogP contribution is -2.21. The van der Waals surface area contributed by atoms with Crippen molar-refractivity contribution >= 4 is 34.4 Å². The molecule has 0 aliphatic rings. The van der Waals surface area contributed by atoms with E-state index in [1.54, 1.807) is 14.2 Å². The molecule has 0 radical (unpaired) electrons. The number of anilines is 1. The molecule has 0 unspecified atom stereocenters. The minimum atomic E-state index is -5.08. The van der Waals surface area contributed by atoms with E-state index in [1.807, 2.05) is 23.5 Å². The van der Waals surface area contributed by atoms with Crippen LogP contribution in [-0.4, -0.2) is 94.6 Å². The van der Waals surface area contributed by atoms with Crippen molar-refractivity contribution in [2.45, 2.75) is 32.1 Å². The molecule has 0 bridgehead atoms. The molecule has 5 N–H and O–H groups in total. The topological polar surface area (TPSA) is 183 Å². The molecule has 2 aromatic heterocycles. The monoisotopic (exact) mass is 602 g/mol. The number of benzene rings is 1. The summed E-state index contributed by atoms with van der Waals surface area (Å²) in [6.07, 6.45) is -8.25. The number of alkyl halides is 6. The Labute approximate surface area is 228 Å². The summed E-state index contributed by atoms with van der Waals surface area (Å²) in [4.78, 5) is 22.5. The SMILES string of the molecule is COCCOc1cc2c(cc1OC)nc(NCCCCN)c1nnc(C)n12.O=C(O)C(F)(F)F.O=C(O)C(F)(F)F. The fourth-order valence-corrected chi connectivity index (χ4v) is 2.88. The van der Waals surface area contributed by atoms with Gasteiger partial charge < -0.3 is 35.5 Å². The number of nitrogens with two attached hydrogens (primary N) is 1. The van der Waals surface area contributed by atoms with Crippen LogP contribution >= 0.6 is 0 Å². The maximum Gasteiger partial charge on any atom is 0.490 e. The van der Waals surface area contributed by atoms with Crippen LogP contribution in [0.2, 0.25) is 0 Å². The number of hydrogen-bond donors (Lipinski definition) is 4. The molecule has 0 atom stereocenters. The molecule has 0 saturated carbocycles. The van der Waals surface area contributed by atoms with E-state index in [0.717, 1.165) is 36.2 Å². The molecule has 1 aromatic carbocycles. The standard InChI is InChI=1S/C18H26N6O3.2C2HF3O2/c1-12-22-23-18-17(20-7-5-4-6-19)21-13-10-15(26-3)16(27-9-8-25-2)11-14(13)24(12)18;2*3-2(4,5)1(6)7/h10-11H,4-9,19H2,1-3H3,(H,20,21);2*(H,6,7). The zero-order chi connectivity index (χ0) is 31.4. The first-order chi connectivity index (χ1) is 19.1. The van der Waals surface area contributed by atoms with Crippen molar-refractivity contribution in [2.24, 2.45) is 5.73 Å². The van der Waals surface area contributed by atoms with E-state index in [9.17, 15) is 26.3 Å². The molecule has 41 heavy (non-hydrogen) atoms. The van der Waals surface area contributed by atoms with Crippen LogP contribution < -0.4 is 20.5 Å². The number of halogens is 6. The Morgan fingerprint density at radius 2 is 1.56 bits per heavy atom. The van der Waals surface area contributed by atoms with Gasteiger partial charge in [0.15, 0.2) is 17.3 Å². The molecule has 0 amide bonds. The number of aromatic nitrogens is 4. The van der Waals surface area contributed by atoms with Crippen LogP contribution in [-0.2, 0) is 14.3 Å². The van der Waals surface area contributed by atoms with Crippen molar-refractivity contribution in [3.8, 4) is 11.5 Å². The Bertz CT molecular complexity index is 1280. The van der Waals surface area contributed by atoms with Crippen molar-refractivity contribution in [3.05, 3.63) is 18.0 Å². The van der Waals surface area contributed by atoms with Gasteiger partial charge >= 0.3 is 24.3 Å². The first kappa shape index (κ1) is 34.9. The first-order valence-corrected chi connectivity index (χ1v) is 11.5. The van der Waals surface area contributed by atoms with Crippen LogP contribution in [0, 0.1) is 6.92 Å². The molecular formula is C22H28F6N6O7. The Kier molecular flexibility index (Phi) is 13.3. The fourth-order valence-electron chi connectivity index (χ4n) is 2.88. The fraction of sp³-hybridized carbons (Fsp3) is 0.500. The molecule has 2 heterocycles. The highest BCUT2D eigenvalue weighted by molar-refractivity contribution is 5.86. The van der Waals surface area contributed by atoms with Gasteiger partial charge in [0, 0.05) is 25.8 Å². The third-order valence-corrected chi connectivity index (χ3v) is 4.72. The highest BCUT2D eigenvalue weighted by atomic mass is 19.4. The number of ether oxygens (including phenoxy) is 3. The summed E-state index contributed by atoms with van der Waals surface area (Å²) in [5.41, 5.74) is 7.86. The van der Waals surface area contributed by atoms with Crippen LogP contribution in [0.25, 0.3) is 16.7 Å². The predicted octanol–water partition coefficient (Wildman–Crippen LogP) is 3.04. The summed E-state index contributed by atoms with van der Waals surface area (Å²) < 4.78 is 81.8. The lowest BCUT2D eigenvalue weighted by atomic mass is 10.2. The van der Waals surface area contributed by atoms with Gasteiger partial charge in [0.1, 0.15) is 12.4 Å². The molecule has 0 saturated heterocycles. The average Bonchev–Trinajstić information content (AvgIpc) is 3.28. The zero-order valence-corrected chi connectivity index (χ0v) is 22.0.